The number of hydrogen-bond donors (Lipinski definition) is 2. The maximum atomic E-state index is 8.81. The second kappa shape index (κ2) is 6.21. The lowest BCUT2D eigenvalue weighted by Gasteiger charge is -2.22. The Morgan fingerprint density at radius 2 is 2.05 bits per heavy atom. The molecule has 0 atom stereocenters. The van der Waals surface area contributed by atoms with Gasteiger partial charge in [0.1, 0.15) is 5.69 Å². The van der Waals surface area contributed by atoms with Crippen molar-refractivity contribution in [3.63, 3.8) is 0 Å². The highest BCUT2D eigenvalue weighted by Crippen LogP contribution is 2.23. The molecule has 21 heavy (non-hydrogen) atoms. The van der Waals surface area contributed by atoms with Crippen LogP contribution in [0.15, 0.2) is 35.5 Å². The summed E-state index contributed by atoms with van der Waals surface area (Å²) in [5.41, 5.74) is 8.96. The average Bonchev–Trinajstić information content (AvgIpc) is 2.46. The molecule has 6 nitrogen and oxygen atoms in total. The highest BCUT2D eigenvalue weighted by molar-refractivity contribution is 5.95. The Morgan fingerprint density at radius 1 is 1.29 bits per heavy atom. The summed E-state index contributed by atoms with van der Waals surface area (Å²) in [5.74, 6) is 0.506. The molecule has 0 saturated carbocycles. The van der Waals surface area contributed by atoms with Gasteiger partial charge in [-0.1, -0.05) is 17.3 Å². The van der Waals surface area contributed by atoms with E-state index in [1.54, 1.807) is 6.07 Å². The van der Waals surface area contributed by atoms with E-state index >= 15 is 0 Å². The largest absolute Gasteiger partial charge is 0.409 e. The highest BCUT2D eigenvalue weighted by Gasteiger charge is 2.13. The Kier molecular flexibility index (Phi) is 4.37. The van der Waals surface area contributed by atoms with Gasteiger partial charge >= 0.3 is 0 Å². The number of aryl methyl sites for hydroxylation is 2. The molecular formula is C15H19N5O. The maximum absolute atomic E-state index is 8.81. The maximum Gasteiger partial charge on any atom is 0.230 e. The van der Waals surface area contributed by atoms with Gasteiger partial charge in [-0.25, -0.2) is 9.97 Å². The molecule has 0 radical (unpaired) electrons. The van der Waals surface area contributed by atoms with Crippen molar-refractivity contribution in [2.45, 2.75) is 20.8 Å². The van der Waals surface area contributed by atoms with Crippen molar-refractivity contribution < 1.29 is 5.21 Å². The van der Waals surface area contributed by atoms with Crippen LogP contribution in [0.25, 0.3) is 0 Å². The topological polar surface area (TPSA) is 87.6 Å². The van der Waals surface area contributed by atoms with Gasteiger partial charge in [-0.2, -0.15) is 0 Å². The molecule has 110 valence electrons. The molecule has 2 rings (SSSR count). The third-order valence-electron chi connectivity index (χ3n) is 3.08. The molecular weight excluding hydrogens is 266 g/mol. The summed E-state index contributed by atoms with van der Waals surface area (Å²) < 4.78 is 0. The number of anilines is 2. The Hall–Kier alpha value is -2.63. The lowest BCUT2D eigenvalue weighted by molar-refractivity contribution is 0.318. The van der Waals surface area contributed by atoms with Crippen LogP contribution in [0, 0.1) is 13.8 Å². The van der Waals surface area contributed by atoms with E-state index in [0.29, 0.717) is 18.2 Å². The molecule has 0 amide bonds. The average molecular weight is 285 g/mol. The summed E-state index contributed by atoms with van der Waals surface area (Å²) >= 11 is 0. The SMILES string of the molecule is CCN(c1cccc(C)c1)c1nc(C)cc(/C(N)=N/O)n1. The highest BCUT2D eigenvalue weighted by atomic mass is 16.4. The van der Waals surface area contributed by atoms with Crippen LogP contribution in [-0.4, -0.2) is 27.6 Å². The van der Waals surface area contributed by atoms with Gasteiger partial charge in [0.25, 0.3) is 0 Å². The number of nitrogens with two attached hydrogens (primary N) is 1. The normalized spacial score (nSPS) is 11.5. The molecule has 0 aliphatic heterocycles. The number of aromatic nitrogens is 2. The first-order chi connectivity index (χ1) is 10.0. The predicted molar refractivity (Wildman–Crippen MR) is 83.1 cm³/mol. The molecule has 0 unspecified atom stereocenters. The Balaban J connectivity index is 2.50. The molecule has 0 fully saturated rings. The fraction of sp³-hybridized carbons (Fsp3) is 0.267. The number of amidine groups is 1. The van der Waals surface area contributed by atoms with Crippen molar-refractivity contribution in [1.29, 1.82) is 0 Å². The van der Waals surface area contributed by atoms with Crippen LogP contribution in [0.1, 0.15) is 23.9 Å². The van der Waals surface area contributed by atoms with Crippen LogP contribution < -0.4 is 10.6 Å². The minimum atomic E-state index is -0.0259. The second-order valence-electron chi connectivity index (χ2n) is 4.76. The summed E-state index contributed by atoms with van der Waals surface area (Å²) in [6.07, 6.45) is 0. The lowest BCUT2D eigenvalue weighted by atomic mass is 10.2. The van der Waals surface area contributed by atoms with E-state index < -0.39 is 0 Å². The van der Waals surface area contributed by atoms with Gasteiger partial charge in [-0.3, -0.25) is 0 Å². The zero-order valence-corrected chi connectivity index (χ0v) is 12.4. The first kappa shape index (κ1) is 14.8. The predicted octanol–water partition coefficient (Wildman–Crippen LogP) is 2.35. The minimum absolute atomic E-state index is 0.0259. The monoisotopic (exact) mass is 285 g/mol. The summed E-state index contributed by atoms with van der Waals surface area (Å²) in [6.45, 7) is 6.62. The van der Waals surface area contributed by atoms with Gasteiger partial charge in [-0.15, -0.1) is 0 Å². The van der Waals surface area contributed by atoms with Crippen LogP contribution in [0.4, 0.5) is 11.6 Å². The summed E-state index contributed by atoms with van der Waals surface area (Å²) in [6, 6.07) is 9.79. The number of hydrogen-bond acceptors (Lipinski definition) is 5. The molecule has 3 N–H and O–H groups in total. The van der Waals surface area contributed by atoms with Crippen molar-refractivity contribution >= 4 is 17.5 Å². The molecule has 1 heterocycles. The van der Waals surface area contributed by atoms with Crippen LogP contribution in [0.5, 0.6) is 0 Å². The standard InChI is InChI=1S/C15H19N5O/c1-4-20(12-7-5-6-10(2)8-12)15-17-11(3)9-13(18-15)14(16)19-21/h5-9,21H,4H2,1-3H3,(H2,16,19). The Labute approximate surface area is 123 Å². The van der Waals surface area contributed by atoms with Crippen LogP contribution in [0.3, 0.4) is 0 Å². The molecule has 6 heteroatoms. The summed E-state index contributed by atoms with van der Waals surface area (Å²) in [4.78, 5) is 10.8. The van der Waals surface area contributed by atoms with Crippen LogP contribution in [0.2, 0.25) is 0 Å². The van der Waals surface area contributed by atoms with Crippen molar-refractivity contribution in [3.05, 3.63) is 47.3 Å². The molecule has 0 saturated heterocycles. The second-order valence-corrected chi connectivity index (χ2v) is 4.76. The lowest BCUT2D eigenvalue weighted by Crippen LogP contribution is -2.22. The third-order valence-corrected chi connectivity index (χ3v) is 3.08. The quantitative estimate of drug-likeness (QED) is 0.389. The van der Waals surface area contributed by atoms with Gasteiger partial charge in [0, 0.05) is 17.9 Å². The molecule has 0 aliphatic carbocycles. The minimum Gasteiger partial charge on any atom is -0.409 e. The number of benzene rings is 1. The van der Waals surface area contributed by atoms with E-state index in [1.165, 1.54) is 0 Å². The van der Waals surface area contributed by atoms with Gasteiger partial charge in [0.15, 0.2) is 5.84 Å². The van der Waals surface area contributed by atoms with E-state index in [1.807, 2.05) is 43.9 Å². The first-order valence-electron chi connectivity index (χ1n) is 6.73. The van der Waals surface area contributed by atoms with Gasteiger partial charge in [0.2, 0.25) is 5.95 Å². The number of nitrogens with zero attached hydrogens (tertiary/aromatic N) is 4. The zero-order chi connectivity index (χ0) is 15.4. The molecule has 0 spiro atoms. The Morgan fingerprint density at radius 3 is 2.67 bits per heavy atom. The van der Waals surface area contributed by atoms with Gasteiger partial charge < -0.3 is 15.8 Å². The molecule has 0 bridgehead atoms. The number of rotatable bonds is 4. The van der Waals surface area contributed by atoms with Crippen molar-refractivity contribution in [3.8, 4) is 0 Å². The van der Waals surface area contributed by atoms with Crippen molar-refractivity contribution in [2.24, 2.45) is 10.9 Å². The van der Waals surface area contributed by atoms with E-state index in [0.717, 1.165) is 16.9 Å². The van der Waals surface area contributed by atoms with Crippen molar-refractivity contribution in [2.75, 3.05) is 11.4 Å². The third kappa shape index (κ3) is 3.28. The molecule has 1 aromatic heterocycles. The van der Waals surface area contributed by atoms with Crippen LogP contribution in [-0.2, 0) is 0 Å². The first-order valence-corrected chi connectivity index (χ1v) is 6.73. The molecule has 2 aromatic rings. The van der Waals surface area contributed by atoms with E-state index in [-0.39, 0.29) is 5.84 Å². The van der Waals surface area contributed by atoms with Crippen molar-refractivity contribution in [1.82, 2.24) is 9.97 Å². The molecule has 1 aromatic carbocycles. The Bertz CT molecular complexity index is 669. The smallest absolute Gasteiger partial charge is 0.230 e. The molecule has 0 aliphatic rings. The van der Waals surface area contributed by atoms with E-state index in [4.69, 9.17) is 10.9 Å². The van der Waals surface area contributed by atoms with Gasteiger partial charge in [0.05, 0.1) is 0 Å². The van der Waals surface area contributed by atoms with E-state index in [9.17, 15) is 0 Å². The fourth-order valence-electron chi connectivity index (χ4n) is 2.09. The van der Waals surface area contributed by atoms with Crippen LogP contribution >= 0.6 is 0 Å². The fourth-order valence-corrected chi connectivity index (χ4v) is 2.09. The number of oxime groups is 1. The summed E-state index contributed by atoms with van der Waals surface area (Å²) in [5, 5.41) is 11.8. The van der Waals surface area contributed by atoms with Gasteiger partial charge in [-0.05, 0) is 44.5 Å². The zero-order valence-electron chi connectivity index (χ0n) is 12.4. The summed E-state index contributed by atoms with van der Waals surface area (Å²) in [7, 11) is 0. The van der Waals surface area contributed by atoms with E-state index in [2.05, 4.69) is 21.2 Å².